The standard InChI is InChI=1S/C19H22BrF4NO6SSi/c1-33(2,3)7-6-29-10-30-18-16(20)13(21)8-12-14(31-32(27,28)19(22,23)24)9-15(26)25(17(12)18)11-4-5-11/h8-9,11H,4-7,10H2,1-3H3. The van der Waals surface area contributed by atoms with E-state index in [1.54, 1.807) is 0 Å². The van der Waals surface area contributed by atoms with Gasteiger partial charge in [-0.25, -0.2) is 4.39 Å². The Bertz CT molecular complexity index is 1220. The lowest BCUT2D eigenvalue weighted by molar-refractivity contribution is -0.0499. The van der Waals surface area contributed by atoms with Crippen LogP contribution in [0.4, 0.5) is 17.6 Å². The van der Waals surface area contributed by atoms with Crippen LogP contribution in [0.3, 0.4) is 0 Å². The van der Waals surface area contributed by atoms with Gasteiger partial charge in [-0.1, -0.05) is 19.6 Å². The van der Waals surface area contributed by atoms with Gasteiger partial charge in [0.05, 0.1) is 9.99 Å². The first-order chi connectivity index (χ1) is 15.1. The summed E-state index contributed by atoms with van der Waals surface area (Å²) in [6, 6.07) is 1.94. The van der Waals surface area contributed by atoms with Crippen LogP contribution in [-0.2, 0) is 14.9 Å². The molecule has 1 aromatic carbocycles. The molecule has 0 bridgehead atoms. The number of alkyl halides is 3. The van der Waals surface area contributed by atoms with Crippen LogP contribution >= 0.6 is 15.9 Å². The second-order valence-corrected chi connectivity index (χ2v) is 16.8. The number of aromatic nitrogens is 1. The molecule has 3 rings (SSSR count). The largest absolute Gasteiger partial charge is 0.534 e. The molecule has 7 nitrogen and oxygen atoms in total. The predicted molar refractivity (Wildman–Crippen MR) is 119 cm³/mol. The number of halogens is 5. The summed E-state index contributed by atoms with van der Waals surface area (Å²) in [7, 11) is -7.47. The fraction of sp³-hybridized carbons (Fsp3) is 0.526. The SMILES string of the molecule is C[Si](C)(C)CCOCOc1c(Br)c(F)cc2c(OS(=O)(=O)C(F)(F)F)cc(=O)n(C3CC3)c12. The molecule has 1 fully saturated rings. The molecule has 1 saturated carbocycles. The zero-order valence-electron chi connectivity index (χ0n) is 18.0. The van der Waals surface area contributed by atoms with Crippen LogP contribution in [-0.4, -0.2) is 40.0 Å². The van der Waals surface area contributed by atoms with Crippen LogP contribution in [0, 0.1) is 5.82 Å². The number of rotatable bonds is 9. The van der Waals surface area contributed by atoms with E-state index in [0.717, 1.165) is 12.1 Å². The smallest absolute Gasteiger partial charge is 0.464 e. The molecule has 2 aromatic rings. The van der Waals surface area contributed by atoms with Crippen molar-refractivity contribution in [2.75, 3.05) is 13.4 Å². The lowest BCUT2D eigenvalue weighted by Crippen LogP contribution is -2.29. The zero-order valence-corrected chi connectivity index (χ0v) is 21.4. The molecule has 33 heavy (non-hydrogen) atoms. The molecule has 184 valence electrons. The Morgan fingerprint density at radius 2 is 1.85 bits per heavy atom. The predicted octanol–water partition coefficient (Wildman–Crippen LogP) is 5.16. The molecule has 1 aliphatic carbocycles. The molecule has 0 unspecified atom stereocenters. The second-order valence-electron chi connectivity index (χ2n) is 8.81. The molecule has 0 amide bonds. The normalized spacial score (nSPS) is 15.2. The number of hydrogen-bond acceptors (Lipinski definition) is 6. The number of benzene rings is 1. The third kappa shape index (κ3) is 5.89. The summed E-state index contributed by atoms with van der Waals surface area (Å²) >= 11 is 3.05. The maximum absolute atomic E-state index is 14.7. The second kappa shape index (κ2) is 9.19. The van der Waals surface area contributed by atoms with Gasteiger partial charge in [0.1, 0.15) is 5.82 Å². The van der Waals surface area contributed by atoms with Gasteiger partial charge >= 0.3 is 15.6 Å². The molecule has 0 atom stereocenters. The van der Waals surface area contributed by atoms with E-state index in [-0.39, 0.29) is 34.0 Å². The fourth-order valence-electron chi connectivity index (χ4n) is 2.99. The van der Waals surface area contributed by atoms with Gasteiger partial charge in [0.15, 0.2) is 18.3 Å². The van der Waals surface area contributed by atoms with Gasteiger partial charge in [0.2, 0.25) is 0 Å². The van der Waals surface area contributed by atoms with E-state index in [2.05, 4.69) is 39.8 Å². The minimum absolute atomic E-state index is 0.0838. The van der Waals surface area contributed by atoms with Crippen molar-refractivity contribution >= 4 is 45.0 Å². The van der Waals surface area contributed by atoms with E-state index >= 15 is 0 Å². The summed E-state index contributed by atoms with van der Waals surface area (Å²) in [4.78, 5) is 12.7. The van der Waals surface area contributed by atoms with Gasteiger partial charge in [0.25, 0.3) is 5.56 Å². The Hall–Kier alpha value is -1.64. The first-order valence-electron chi connectivity index (χ1n) is 9.91. The Morgan fingerprint density at radius 1 is 1.21 bits per heavy atom. The summed E-state index contributed by atoms with van der Waals surface area (Å²) < 4.78 is 92.7. The average Bonchev–Trinajstić information content (AvgIpc) is 3.48. The van der Waals surface area contributed by atoms with E-state index < -0.39 is 40.8 Å². The number of pyridine rings is 1. The van der Waals surface area contributed by atoms with Crippen LogP contribution in [0.2, 0.25) is 25.7 Å². The van der Waals surface area contributed by atoms with Crippen molar-refractivity contribution in [1.82, 2.24) is 4.57 Å². The minimum Gasteiger partial charge on any atom is -0.464 e. The Kier molecular flexibility index (Phi) is 7.23. The first kappa shape index (κ1) is 26.0. The summed E-state index contributed by atoms with van der Waals surface area (Å²) in [5.41, 5.74) is -6.62. The third-order valence-electron chi connectivity index (χ3n) is 4.83. The van der Waals surface area contributed by atoms with Crippen molar-refractivity contribution in [3.8, 4) is 11.5 Å². The number of hydrogen-bond donors (Lipinski definition) is 0. The fourth-order valence-corrected chi connectivity index (χ4v) is 4.63. The van der Waals surface area contributed by atoms with Gasteiger partial charge in [-0.2, -0.15) is 21.6 Å². The lowest BCUT2D eigenvalue weighted by Gasteiger charge is -2.19. The first-order valence-corrected chi connectivity index (χ1v) is 15.8. The molecule has 0 saturated heterocycles. The van der Waals surface area contributed by atoms with Gasteiger partial charge in [-0.15, -0.1) is 0 Å². The van der Waals surface area contributed by atoms with E-state index in [9.17, 15) is 30.8 Å². The summed E-state index contributed by atoms with van der Waals surface area (Å²) in [6.45, 7) is 6.52. The summed E-state index contributed by atoms with van der Waals surface area (Å²) in [5, 5.41) is -0.355. The van der Waals surface area contributed by atoms with Crippen molar-refractivity contribution < 1.29 is 39.6 Å². The van der Waals surface area contributed by atoms with Crippen molar-refractivity contribution in [1.29, 1.82) is 0 Å². The number of ether oxygens (including phenoxy) is 2. The summed E-state index contributed by atoms with van der Waals surface area (Å²) in [5.74, 6) is -2.09. The molecular formula is C19H22BrF4NO6SSi. The van der Waals surface area contributed by atoms with Crippen LogP contribution in [0.1, 0.15) is 18.9 Å². The monoisotopic (exact) mass is 575 g/mol. The number of fused-ring (bicyclic) bond motifs is 1. The Morgan fingerprint density at radius 3 is 2.39 bits per heavy atom. The van der Waals surface area contributed by atoms with Crippen LogP contribution < -0.4 is 14.5 Å². The third-order valence-corrected chi connectivity index (χ3v) is 8.24. The molecule has 1 heterocycles. The molecule has 0 aliphatic heterocycles. The molecule has 0 N–H and O–H groups in total. The summed E-state index contributed by atoms with van der Waals surface area (Å²) in [6.07, 6.45) is 1.22. The quantitative estimate of drug-likeness (QED) is 0.103. The van der Waals surface area contributed by atoms with Gasteiger partial charge in [-0.05, 0) is 40.9 Å². The highest BCUT2D eigenvalue weighted by Crippen LogP contribution is 2.44. The van der Waals surface area contributed by atoms with Crippen molar-refractivity contribution in [3.05, 3.63) is 32.8 Å². The van der Waals surface area contributed by atoms with Crippen molar-refractivity contribution in [3.63, 3.8) is 0 Å². The maximum atomic E-state index is 14.7. The topological polar surface area (TPSA) is 83.8 Å². The molecule has 1 aliphatic rings. The molecular weight excluding hydrogens is 554 g/mol. The van der Waals surface area contributed by atoms with Gasteiger partial charge in [0, 0.05) is 32.2 Å². The maximum Gasteiger partial charge on any atom is 0.534 e. The minimum atomic E-state index is -6.09. The van der Waals surface area contributed by atoms with Gasteiger partial charge in [-0.3, -0.25) is 4.79 Å². The van der Waals surface area contributed by atoms with Crippen molar-refractivity contribution in [2.45, 2.75) is 50.1 Å². The zero-order chi connectivity index (χ0) is 24.8. The van der Waals surface area contributed by atoms with E-state index in [1.165, 1.54) is 4.57 Å². The number of nitrogens with zero attached hydrogens (tertiary/aromatic N) is 1. The van der Waals surface area contributed by atoms with E-state index in [1.807, 2.05) is 0 Å². The molecule has 0 spiro atoms. The lowest BCUT2D eigenvalue weighted by atomic mass is 10.1. The Labute approximate surface area is 196 Å². The van der Waals surface area contributed by atoms with Crippen LogP contribution in [0.5, 0.6) is 11.5 Å². The van der Waals surface area contributed by atoms with Crippen LogP contribution in [0.15, 0.2) is 21.4 Å². The highest BCUT2D eigenvalue weighted by atomic mass is 79.9. The van der Waals surface area contributed by atoms with E-state index in [0.29, 0.717) is 25.5 Å². The highest BCUT2D eigenvalue weighted by molar-refractivity contribution is 9.10. The van der Waals surface area contributed by atoms with Crippen LogP contribution in [0.25, 0.3) is 10.9 Å². The molecule has 0 radical (unpaired) electrons. The average molecular weight is 576 g/mol. The van der Waals surface area contributed by atoms with Gasteiger partial charge < -0.3 is 18.2 Å². The molecule has 1 aromatic heterocycles. The van der Waals surface area contributed by atoms with Crippen molar-refractivity contribution in [2.24, 2.45) is 0 Å². The molecule has 14 heteroatoms. The van der Waals surface area contributed by atoms with E-state index in [4.69, 9.17) is 9.47 Å². The highest BCUT2D eigenvalue weighted by Gasteiger charge is 2.49. The Balaban J connectivity index is 2.10.